The van der Waals surface area contributed by atoms with Gasteiger partial charge in [0.2, 0.25) is 0 Å². The summed E-state index contributed by atoms with van der Waals surface area (Å²) in [5.74, 6) is 0. The van der Waals surface area contributed by atoms with Crippen molar-refractivity contribution in [3.63, 3.8) is 0 Å². The second-order valence-corrected chi connectivity index (χ2v) is 4.47. The minimum atomic E-state index is 1.03. The van der Waals surface area contributed by atoms with Crippen molar-refractivity contribution < 1.29 is 0 Å². The largest absolute Gasteiger partial charge is 0.235 e. The Hall–Kier alpha value is -0.410. The maximum Gasteiger partial charge on any atom is 0.130 e. The van der Waals surface area contributed by atoms with E-state index in [0.717, 1.165) is 10.1 Å². The van der Waals surface area contributed by atoms with E-state index in [1.807, 2.05) is 24.6 Å². The van der Waals surface area contributed by atoms with Crippen LogP contribution in [-0.2, 0) is 0 Å². The number of aliphatic imine (C=N–C) groups is 1. The van der Waals surface area contributed by atoms with Gasteiger partial charge in [-0.1, -0.05) is 17.7 Å². The normalized spacial score (nSPS) is 9.77. The molecule has 0 saturated heterocycles. The molecule has 0 saturated carbocycles. The van der Waals surface area contributed by atoms with Crippen molar-refractivity contribution in [3.05, 3.63) is 29.8 Å². The molecule has 0 radical (unpaired) electrons. The second-order valence-electron chi connectivity index (χ2n) is 2.62. The fourth-order valence-electron chi connectivity index (χ4n) is 0.899. The minimum absolute atomic E-state index is 1.03. The second kappa shape index (κ2) is 5.35. The summed E-state index contributed by atoms with van der Waals surface area (Å²) < 4.78 is 1.10. The van der Waals surface area contributed by atoms with Gasteiger partial charge in [0.25, 0.3) is 0 Å². The van der Waals surface area contributed by atoms with E-state index in [-0.39, 0.29) is 0 Å². The molecule has 0 aliphatic rings. The average Bonchev–Trinajstić information content (AvgIpc) is 2.17. The average molecular weight is 211 g/mol. The Labute approximate surface area is 88.0 Å². The Morgan fingerprint density at radius 1 is 1.08 bits per heavy atom. The Bertz CT molecular complexity index is 284. The Kier molecular flexibility index (Phi) is 4.39. The molecule has 0 aromatic heterocycles. The van der Waals surface area contributed by atoms with Crippen molar-refractivity contribution in [3.8, 4) is 0 Å². The van der Waals surface area contributed by atoms with Crippen molar-refractivity contribution in [2.75, 3.05) is 12.5 Å². The summed E-state index contributed by atoms with van der Waals surface area (Å²) in [5, 5.41) is 0. The molecular formula is C10H13NS2. The summed E-state index contributed by atoms with van der Waals surface area (Å²) in [7, 11) is 0. The van der Waals surface area contributed by atoms with Gasteiger partial charge >= 0.3 is 0 Å². The molecule has 0 aliphatic heterocycles. The quantitative estimate of drug-likeness (QED) is 0.518. The number of benzene rings is 1. The summed E-state index contributed by atoms with van der Waals surface area (Å²) in [6, 6.07) is 8.25. The lowest BCUT2D eigenvalue weighted by atomic mass is 10.2. The fourth-order valence-corrected chi connectivity index (χ4v) is 1.96. The van der Waals surface area contributed by atoms with Crippen LogP contribution in [0.3, 0.4) is 0 Å². The summed E-state index contributed by atoms with van der Waals surface area (Å²) in [6.45, 7) is 2.08. The van der Waals surface area contributed by atoms with Crippen molar-refractivity contribution in [1.29, 1.82) is 0 Å². The first-order valence-corrected chi connectivity index (χ1v) is 6.44. The highest BCUT2D eigenvalue weighted by atomic mass is 32.2. The first-order chi connectivity index (χ1) is 6.26. The van der Waals surface area contributed by atoms with Crippen LogP contribution in [0.25, 0.3) is 0 Å². The van der Waals surface area contributed by atoms with E-state index in [0.29, 0.717) is 0 Å². The fraction of sp³-hybridized carbons (Fsp3) is 0.300. The molecule has 1 aromatic carbocycles. The van der Waals surface area contributed by atoms with Crippen molar-refractivity contribution >= 4 is 33.6 Å². The maximum absolute atomic E-state index is 4.48. The van der Waals surface area contributed by atoms with Crippen LogP contribution in [0.1, 0.15) is 5.56 Å². The lowest BCUT2D eigenvalue weighted by Gasteiger charge is -1.98. The lowest BCUT2D eigenvalue weighted by Crippen LogP contribution is -1.80. The maximum atomic E-state index is 4.48. The minimum Gasteiger partial charge on any atom is -0.235 e. The van der Waals surface area contributed by atoms with Crippen LogP contribution < -0.4 is 0 Å². The molecule has 0 bridgehead atoms. The van der Waals surface area contributed by atoms with E-state index in [1.54, 1.807) is 23.5 Å². The third kappa shape index (κ3) is 3.44. The van der Waals surface area contributed by atoms with Gasteiger partial charge in [-0.05, 0) is 31.6 Å². The van der Waals surface area contributed by atoms with Crippen LogP contribution in [0.5, 0.6) is 0 Å². The Balaban J connectivity index is 2.84. The zero-order chi connectivity index (χ0) is 9.68. The van der Waals surface area contributed by atoms with Crippen LogP contribution in [0.2, 0.25) is 0 Å². The summed E-state index contributed by atoms with van der Waals surface area (Å²) in [5.41, 5.74) is 2.30. The van der Waals surface area contributed by atoms with Gasteiger partial charge in [-0.15, -0.1) is 23.5 Å². The van der Waals surface area contributed by atoms with Crippen molar-refractivity contribution in [1.82, 2.24) is 0 Å². The van der Waals surface area contributed by atoms with E-state index in [4.69, 9.17) is 0 Å². The zero-order valence-electron chi connectivity index (χ0n) is 8.07. The number of hydrogen-bond acceptors (Lipinski definition) is 3. The molecule has 0 fully saturated rings. The van der Waals surface area contributed by atoms with Gasteiger partial charge in [0.15, 0.2) is 0 Å². The Morgan fingerprint density at radius 2 is 1.62 bits per heavy atom. The number of aryl methyl sites for hydroxylation is 1. The first-order valence-electron chi connectivity index (χ1n) is 3.99. The van der Waals surface area contributed by atoms with Gasteiger partial charge in [0.05, 0.1) is 5.69 Å². The Morgan fingerprint density at radius 3 is 2.08 bits per heavy atom. The van der Waals surface area contributed by atoms with E-state index < -0.39 is 0 Å². The molecule has 1 aromatic rings. The summed E-state index contributed by atoms with van der Waals surface area (Å²) >= 11 is 3.36. The SMILES string of the molecule is CSC(=Nc1ccc(C)cc1)SC. The summed E-state index contributed by atoms with van der Waals surface area (Å²) in [4.78, 5) is 4.48. The van der Waals surface area contributed by atoms with Crippen LogP contribution in [0, 0.1) is 6.92 Å². The topological polar surface area (TPSA) is 12.4 Å². The van der Waals surface area contributed by atoms with Gasteiger partial charge in [0.1, 0.15) is 4.38 Å². The standard InChI is InChI=1S/C10H13NS2/c1-8-4-6-9(7-5-8)11-10(12-2)13-3/h4-7H,1-3H3. The molecule has 70 valence electrons. The van der Waals surface area contributed by atoms with Gasteiger partial charge in [-0.25, -0.2) is 4.99 Å². The molecule has 0 aliphatic carbocycles. The van der Waals surface area contributed by atoms with Crippen LogP contribution in [0.4, 0.5) is 5.69 Å². The third-order valence-electron chi connectivity index (χ3n) is 1.60. The summed E-state index contributed by atoms with van der Waals surface area (Å²) in [6.07, 6.45) is 4.09. The molecule has 0 unspecified atom stereocenters. The van der Waals surface area contributed by atoms with Gasteiger partial charge in [-0.3, -0.25) is 0 Å². The lowest BCUT2D eigenvalue weighted by molar-refractivity contribution is 1.44. The van der Waals surface area contributed by atoms with Gasteiger partial charge < -0.3 is 0 Å². The van der Waals surface area contributed by atoms with Crippen LogP contribution in [0.15, 0.2) is 29.3 Å². The predicted molar refractivity (Wildman–Crippen MR) is 65.3 cm³/mol. The van der Waals surface area contributed by atoms with Crippen molar-refractivity contribution in [2.24, 2.45) is 4.99 Å². The zero-order valence-corrected chi connectivity index (χ0v) is 9.71. The molecular weight excluding hydrogens is 198 g/mol. The van der Waals surface area contributed by atoms with Crippen LogP contribution >= 0.6 is 23.5 Å². The molecule has 1 rings (SSSR count). The van der Waals surface area contributed by atoms with E-state index in [2.05, 4.69) is 24.0 Å². The van der Waals surface area contributed by atoms with Crippen molar-refractivity contribution in [2.45, 2.75) is 6.92 Å². The molecule has 0 atom stereocenters. The molecule has 0 heterocycles. The van der Waals surface area contributed by atoms with Gasteiger partial charge in [0, 0.05) is 0 Å². The van der Waals surface area contributed by atoms with E-state index in [9.17, 15) is 0 Å². The molecule has 0 spiro atoms. The molecule has 1 nitrogen and oxygen atoms in total. The molecule has 3 heteroatoms. The number of rotatable bonds is 1. The van der Waals surface area contributed by atoms with E-state index >= 15 is 0 Å². The highest BCUT2D eigenvalue weighted by Crippen LogP contribution is 2.19. The highest BCUT2D eigenvalue weighted by Gasteiger charge is 1.94. The number of nitrogens with zero attached hydrogens (tertiary/aromatic N) is 1. The predicted octanol–water partition coefficient (Wildman–Crippen LogP) is 3.71. The highest BCUT2D eigenvalue weighted by molar-refractivity contribution is 8.38. The first kappa shape index (κ1) is 10.7. The smallest absolute Gasteiger partial charge is 0.130 e. The van der Waals surface area contributed by atoms with Crippen LogP contribution in [-0.4, -0.2) is 16.9 Å². The molecule has 0 amide bonds. The number of hydrogen-bond donors (Lipinski definition) is 0. The molecule has 13 heavy (non-hydrogen) atoms. The van der Waals surface area contributed by atoms with Gasteiger partial charge in [-0.2, -0.15) is 0 Å². The number of thioether (sulfide) groups is 2. The molecule has 0 N–H and O–H groups in total. The van der Waals surface area contributed by atoms with E-state index in [1.165, 1.54) is 5.56 Å². The monoisotopic (exact) mass is 211 g/mol. The third-order valence-corrected chi connectivity index (χ3v) is 3.48.